The molecule has 0 bridgehead atoms. The van der Waals surface area contributed by atoms with Crippen LogP contribution < -0.4 is 15.8 Å². The summed E-state index contributed by atoms with van der Waals surface area (Å²) in [6.07, 6.45) is 0.832. The quantitative estimate of drug-likeness (QED) is 0.300. The Morgan fingerprint density at radius 2 is 1.82 bits per heavy atom. The lowest BCUT2D eigenvalue weighted by atomic mass is 10.0. The summed E-state index contributed by atoms with van der Waals surface area (Å²) in [5.74, 6) is -2.53. The van der Waals surface area contributed by atoms with E-state index in [0.717, 1.165) is 4.90 Å². The molecule has 1 saturated heterocycles. The minimum atomic E-state index is -1.06. The summed E-state index contributed by atoms with van der Waals surface area (Å²) < 4.78 is 16.1. The SMILES string of the molecule is NCCOCCOCCCC(=O)COc1cccc2c1C(=O)N(C1CCC(=O)NC1=O)C2=O. The smallest absolute Gasteiger partial charge is 0.266 e. The molecule has 0 aromatic heterocycles. The number of rotatable bonds is 13. The lowest BCUT2D eigenvalue weighted by Gasteiger charge is -2.27. The van der Waals surface area contributed by atoms with Gasteiger partial charge in [0.25, 0.3) is 11.8 Å². The molecule has 0 saturated carbocycles. The van der Waals surface area contributed by atoms with Crippen molar-refractivity contribution in [3.8, 4) is 5.75 Å². The van der Waals surface area contributed by atoms with Gasteiger partial charge < -0.3 is 19.9 Å². The standard InChI is InChI=1S/C22H27N3O8/c23-8-10-32-12-11-31-9-2-3-14(26)13-33-17-5-1-4-15-19(17)22(30)25(21(15)29)16-6-7-18(27)24-20(16)28/h1,4-5,16H,2-3,6-13,23H2,(H,24,27,28). The van der Waals surface area contributed by atoms with Gasteiger partial charge in [-0.15, -0.1) is 0 Å². The fourth-order valence-corrected chi connectivity index (χ4v) is 3.61. The molecule has 2 aliphatic rings. The fraction of sp³-hybridized carbons (Fsp3) is 0.500. The number of ketones is 1. The van der Waals surface area contributed by atoms with Gasteiger partial charge in [0.15, 0.2) is 5.78 Å². The number of benzene rings is 1. The molecule has 178 valence electrons. The summed E-state index contributed by atoms with van der Waals surface area (Å²) in [7, 11) is 0. The van der Waals surface area contributed by atoms with Crippen LogP contribution in [0.2, 0.25) is 0 Å². The molecule has 1 fully saturated rings. The van der Waals surface area contributed by atoms with Crippen LogP contribution in [-0.2, 0) is 23.9 Å². The van der Waals surface area contributed by atoms with Gasteiger partial charge in [-0.3, -0.25) is 34.2 Å². The Morgan fingerprint density at radius 3 is 2.55 bits per heavy atom. The van der Waals surface area contributed by atoms with E-state index < -0.39 is 29.7 Å². The van der Waals surface area contributed by atoms with E-state index in [9.17, 15) is 24.0 Å². The van der Waals surface area contributed by atoms with Gasteiger partial charge in [-0.1, -0.05) is 6.07 Å². The molecule has 11 heteroatoms. The monoisotopic (exact) mass is 461 g/mol. The van der Waals surface area contributed by atoms with E-state index >= 15 is 0 Å². The zero-order valence-electron chi connectivity index (χ0n) is 18.2. The molecule has 0 aliphatic carbocycles. The topological polar surface area (TPSA) is 154 Å². The third-order valence-electron chi connectivity index (χ3n) is 5.20. The predicted octanol–water partition coefficient (Wildman–Crippen LogP) is -0.192. The number of ether oxygens (including phenoxy) is 3. The van der Waals surface area contributed by atoms with Crippen LogP contribution in [0.1, 0.15) is 46.4 Å². The molecule has 33 heavy (non-hydrogen) atoms. The summed E-state index contributed by atoms with van der Waals surface area (Å²) >= 11 is 0. The second-order valence-electron chi connectivity index (χ2n) is 7.57. The predicted molar refractivity (Wildman–Crippen MR) is 114 cm³/mol. The molecule has 1 aromatic carbocycles. The molecule has 3 rings (SSSR count). The van der Waals surface area contributed by atoms with Crippen LogP contribution in [0, 0.1) is 0 Å². The van der Waals surface area contributed by atoms with E-state index in [2.05, 4.69) is 5.32 Å². The molecule has 0 radical (unpaired) electrons. The van der Waals surface area contributed by atoms with Crippen LogP contribution in [0.4, 0.5) is 0 Å². The third kappa shape index (κ3) is 6.01. The molecule has 1 atom stereocenters. The number of carbonyl (C=O) groups is 5. The molecule has 3 N–H and O–H groups in total. The van der Waals surface area contributed by atoms with Crippen molar-refractivity contribution in [2.45, 2.75) is 31.7 Å². The number of nitrogens with two attached hydrogens (primary N) is 1. The average Bonchev–Trinajstić information content (AvgIpc) is 3.05. The third-order valence-corrected chi connectivity index (χ3v) is 5.20. The number of imide groups is 2. The van der Waals surface area contributed by atoms with Crippen LogP contribution in [0.5, 0.6) is 5.75 Å². The number of hydrogen-bond acceptors (Lipinski definition) is 9. The summed E-state index contributed by atoms with van der Waals surface area (Å²) in [4.78, 5) is 62.4. The van der Waals surface area contributed by atoms with Crippen molar-refractivity contribution in [3.63, 3.8) is 0 Å². The average molecular weight is 461 g/mol. The maximum absolute atomic E-state index is 13.0. The summed E-state index contributed by atoms with van der Waals surface area (Å²) in [6.45, 7) is 1.91. The number of nitrogens with zero attached hydrogens (tertiary/aromatic N) is 1. The van der Waals surface area contributed by atoms with Crippen LogP contribution >= 0.6 is 0 Å². The van der Waals surface area contributed by atoms with Gasteiger partial charge in [-0.05, 0) is 25.0 Å². The molecule has 2 heterocycles. The van der Waals surface area contributed by atoms with E-state index in [0.29, 0.717) is 39.4 Å². The highest BCUT2D eigenvalue weighted by Crippen LogP contribution is 2.33. The highest BCUT2D eigenvalue weighted by molar-refractivity contribution is 6.24. The maximum atomic E-state index is 13.0. The van der Waals surface area contributed by atoms with Gasteiger partial charge >= 0.3 is 0 Å². The number of Topliss-reactive ketones (excluding diaryl/α,β-unsaturated/α-hetero) is 1. The number of amides is 4. The van der Waals surface area contributed by atoms with E-state index in [1.54, 1.807) is 6.07 Å². The molecule has 0 spiro atoms. The molecule has 1 aromatic rings. The Bertz CT molecular complexity index is 932. The number of fused-ring (bicyclic) bond motifs is 1. The van der Waals surface area contributed by atoms with Gasteiger partial charge in [0.05, 0.1) is 30.9 Å². The Hall–Kier alpha value is -3.15. The van der Waals surface area contributed by atoms with E-state index in [4.69, 9.17) is 19.9 Å². The van der Waals surface area contributed by atoms with Crippen molar-refractivity contribution in [1.29, 1.82) is 0 Å². The van der Waals surface area contributed by atoms with Crippen molar-refractivity contribution in [3.05, 3.63) is 29.3 Å². The summed E-state index contributed by atoms with van der Waals surface area (Å²) in [5, 5.41) is 2.15. The lowest BCUT2D eigenvalue weighted by molar-refractivity contribution is -0.136. The van der Waals surface area contributed by atoms with Gasteiger partial charge in [0.1, 0.15) is 18.4 Å². The van der Waals surface area contributed by atoms with E-state index in [1.165, 1.54) is 12.1 Å². The van der Waals surface area contributed by atoms with Crippen molar-refractivity contribution in [2.75, 3.05) is 39.6 Å². The second-order valence-corrected chi connectivity index (χ2v) is 7.57. The zero-order valence-corrected chi connectivity index (χ0v) is 18.2. The van der Waals surface area contributed by atoms with Gasteiger partial charge in [-0.2, -0.15) is 0 Å². The number of nitrogens with one attached hydrogen (secondary N) is 1. The highest BCUT2D eigenvalue weighted by atomic mass is 16.5. The van der Waals surface area contributed by atoms with Crippen molar-refractivity contribution in [2.24, 2.45) is 5.73 Å². The Labute approximate surface area is 190 Å². The first-order valence-corrected chi connectivity index (χ1v) is 10.8. The molecular formula is C22H27N3O8. The van der Waals surface area contributed by atoms with E-state index in [-0.39, 0.29) is 48.5 Å². The summed E-state index contributed by atoms with van der Waals surface area (Å²) in [5.41, 5.74) is 5.42. The van der Waals surface area contributed by atoms with Crippen LogP contribution in [0.15, 0.2) is 18.2 Å². The Balaban J connectivity index is 1.52. The first-order valence-electron chi connectivity index (χ1n) is 10.8. The molecule has 11 nitrogen and oxygen atoms in total. The van der Waals surface area contributed by atoms with Gasteiger partial charge in [0, 0.05) is 26.0 Å². The minimum absolute atomic E-state index is 0.0146. The van der Waals surface area contributed by atoms with Crippen molar-refractivity contribution >= 4 is 29.4 Å². The Morgan fingerprint density at radius 1 is 1.06 bits per heavy atom. The van der Waals surface area contributed by atoms with Crippen LogP contribution in [0.25, 0.3) is 0 Å². The first kappa shape index (κ1) is 24.5. The van der Waals surface area contributed by atoms with Crippen LogP contribution in [0.3, 0.4) is 0 Å². The number of piperidine rings is 1. The highest BCUT2D eigenvalue weighted by Gasteiger charge is 2.46. The largest absolute Gasteiger partial charge is 0.485 e. The maximum Gasteiger partial charge on any atom is 0.266 e. The fourth-order valence-electron chi connectivity index (χ4n) is 3.61. The number of carbonyl (C=O) groups excluding carboxylic acids is 5. The van der Waals surface area contributed by atoms with Crippen molar-refractivity contribution in [1.82, 2.24) is 10.2 Å². The molecule has 1 unspecified atom stereocenters. The van der Waals surface area contributed by atoms with Crippen LogP contribution in [-0.4, -0.2) is 79.9 Å². The zero-order chi connectivity index (χ0) is 23.8. The molecule has 4 amide bonds. The minimum Gasteiger partial charge on any atom is -0.485 e. The normalized spacial score (nSPS) is 17.8. The number of hydrogen-bond donors (Lipinski definition) is 2. The molecular weight excluding hydrogens is 434 g/mol. The van der Waals surface area contributed by atoms with Gasteiger partial charge in [-0.25, -0.2) is 0 Å². The molecule has 2 aliphatic heterocycles. The lowest BCUT2D eigenvalue weighted by Crippen LogP contribution is -2.54. The van der Waals surface area contributed by atoms with E-state index in [1.807, 2.05) is 0 Å². The summed E-state index contributed by atoms with van der Waals surface area (Å²) in [6, 6.07) is 3.43. The van der Waals surface area contributed by atoms with Crippen molar-refractivity contribution < 1.29 is 38.2 Å². The van der Waals surface area contributed by atoms with Gasteiger partial charge in [0.2, 0.25) is 11.8 Å². The second kappa shape index (κ2) is 11.6. The Kier molecular flexibility index (Phi) is 8.64. The first-order chi connectivity index (χ1) is 15.9.